The second-order valence-corrected chi connectivity index (χ2v) is 3.98. The number of halogens is 1. The number of hydrogen-bond donors (Lipinski definition) is 0. The average molecular weight is 218 g/mol. The minimum atomic E-state index is 0.680. The van der Waals surface area contributed by atoms with E-state index in [2.05, 4.69) is 4.98 Å². The maximum Gasteiger partial charge on any atom is 0.156 e. The van der Waals surface area contributed by atoms with E-state index in [1.807, 2.05) is 31.2 Å². The van der Waals surface area contributed by atoms with Crippen molar-refractivity contribution < 1.29 is 4.42 Å². The molecule has 1 aromatic carbocycles. The number of fused-ring (bicyclic) bond motifs is 3. The highest BCUT2D eigenvalue weighted by Crippen LogP contribution is 2.30. The Morgan fingerprint density at radius 3 is 3.00 bits per heavy atom. The largest absolute Gasteiger partial charge is 0.454 e. The van der Waals surface area contributed by atoms with Crippen LogP contribution in [-0.4, -0.2) is 4.98 Å². The minimum absolute atomic E-state index is 0.680. The van der Waals surface area contributed by atoms with E-state index in [4.69, 9.17) is 16.0 Å². The smallest absolute Gasteiger partial charge is 0.156 e. The van der Waals surface area contributed by atoms with Crippen molar-refractivity contribution in [3.63, 3.8) is 0 Å². The number of furan rings is 1. The fraction of sp³-hybridized carbons (Fsp3) is 0.0833. The molecule has 2 nitrogen and oxygen atoms in total. The summed E-state index contributed by atoms with van der Waals surface area (Å²) in [6, 6.07) is 7.54. The highest BCUT2D eigenvalue weighted by Gasteiger charge is 2.09. The quantitative estimate of drug-likeness (QED) is 0.570. The van der Waals surface area contributed by atoms with Crippen LogP contribution >= 0.6 is 11.6 Å². The first-order chi connectivity index (χ1) is 7.25. The van der Waals surface area contributed by atoms with Gasteiger partial charge in [-0.05, 0) is 30.7 Å². The van der Waals surface area contributed by atoms with Gasteiger partial charge in [0.2, 0.25) is 0 Å². The van der Waals surface area contributed by atoms with Crippen molar-refractivity contribution in [2.24, 2.45) is 0 Å². The van der Waals surface area contributed by atoms with E-state index in [1.54, 1.807) is 6.20 Å². The fourth-order valence-electron chi connectivity index (χ4n) is 1.75. The molecule has 3 aromatic rings. The third kappa shape index (κ3) is 1.22. The Morgan fingerprint density at radius 2 is 2.13 bits per heavy atom. The van der Waals surface area contributed by atoms with Gasteiger partial charge >= 0.3 is 0 Å². The first kappa shape index (κ1) is 8.74. The SMILES string of the molecule is Cc1ccnc2c1oc1cc(Cl)ccc12. The highest BCUT2D eigenvalue weighted by molar-refractivity contribution is 6.31. The van der Waals surface area contributed by atoms with Gasteiger partial charge in [0, 0.05) is 22.7 Å². The number of aromatic nitrogens is 1. The predicted molar refractivity (Wildman–Crippen MR) is 61.3 cm³/mol. The van der Waals surface area contributed by atoms with Crippen molar-refractivity contribution in [1.29, 1.82) is 0 Å². The molecule has 0 saturated carbocycles. The van der Waals surface area contributed by atoms with Crippen LogP contribution in [0.25, 0.3) is 22.1 Å². The molecule has 0 aliphatic rings. The van der Waals surface area contributed by atoms with Crippen LogP contribution in [0, 0.1) is 6.92 Å². The van der Waals surface area contributed by atoms with Gasteiger partial charge in [-0.1, -0.05) is 11.6 Å². The van der Waals surface area contributed by atoms with Crippen molar-refractivity contribution in [2.45, 2.75) is 6.92 Å². The van der Waals surface area contributed by atoms with Gasteiger partial charge in [-0.15, -0.1) is 0 Å². The maximum atomic E-state index is 5.91. The van der Waals surface area contributed by atoms with Crippen molar-refractivity contribution >= 4 is 33.7 Å². The lowest BCUT2D eigenvalue weighted by Gasteiger charge is -1.90. The van der Waals surface area contributed by atoms with Gasteiger partial charge in [0.05, 0.1) is 0 Å². The summed E-state index contributed by atoms with van der Waals surface area (Å²) in [6.07, 6.45) is 1.79. The predicted octanol–water partition coefficient (Wildman–Crippen LogP) is 3.94. The number of aryl methyl sites for hydroxylation is 1. The van der Waals surface area contributed by atoms with Gasteiger partial charge in [-0.25, -0.2) is 0 Å². The standard InChI is InChI=1S/C12H8ClNO/c1-7-4-5-14-11-9-3-2-8(13)6-10(9)15-12(7)11/h2-6H,1H3. The first-order valence-electron chi connectivity index (χ1n) is 4.69. The zero-order chi connectivity index (χ0) is 10.4. The van der Waals surface area contributed by atoms with E-state index in [9.17, 15) is 0 Å². The van der Waals surface area contributed by atoms with Crippen LogP contribution in [0.2, 0.25) is 5.02 Å². The lowest BCUT2D eigenvalue weighted by atomic mass is 10.2. The van der Waals surface area contributed by atoms with E-state index < -0.39 is 0 Å². The van der Waals surface area contributed by atoms with Gasteiger partial charge in [-0.2, -0.15) is 0 Å². The van der Waals surface area contributed by atoms with E-state index in [0.717, 1.165) is 27.6 Å². The molecule has 2 heterocycles. The number of benzene rings is 1. The number of hydrogen-bond acceptors (Lipinski definition) is 2. The first-order valence-corrected chi connectivity index (χ1v) is 5.07. The molecule has 0 unspecified atom stereocenters. The fourth-order valence-corrected chi connectivity index (χ4v) is 1.91. The summed E-state index contributed by atoms with van der Waals surface area (Å²) >= 11 is 5.91. The molecule has 0 spiro atoms. The molecule has 0 fully saturated rings. The molecule has 3 heteroatoms. The van der Waals surface area contributed by atoms with Crippen LogP contribution in [-0.2, 0) is 0 Å². The Hall–Kier alpha value is -1.54. The molecule has 0 saturated heterocycles. The molecule has 2 aromatic heterocycles. The maximum absolute atomic E-state index is 5.91. The Kier molecular flexibility index (Phi) is 1.73. The van der Waals surface area contributed by atoms with Crippen LogP contribution in [0.1, 0.15) is 5.56 Å². The summed E-state index contributed by atoms with van der Waals surface area (Å²) in [5.41, 5.74) is 3.63. The van der Waals surface area contributed by atoms with Gasteiger partial charge in [0.15, 0.2) is 5.58 Å². The normalized spacial score (nSPS) is 11.3. The van der Waals surface area contributed by atoms with Crippen LogP contribution in [0.3, 0.4) is 0 Å². The molecule has 0 N–H and O–H groups in total. The molecule has 0 aliphatic heterocycles. The molecule has 3 rings (SSSR count). The van der Waals surface area contributed by atoms with Crippen molar-refractivity contribution in [3.8, 4) is 0 Å². The van der Waals surface area contributed by atoms with Crippen LogP contribution < -0.4 is 0 Å². The molecule has 74 valence electrons. The average Bonchev–Trinajstić information content (AvgIpc) is 2.57. The molecule has 0 radical (unpaired) electrons. The summed E-state index contributed by atoms with van der Waals surface area (Å²) in [5.74, 6) is 0. The Labute approximate surface area is 91.5 Å². The highest BCUT2D eigenvalue weighted by atomic mass is 35.5. The van der Waals surface area contributed by atoms with E-state index in [0.29, 0.717) is 5.02 Å². The summed E-state index contributed by atoms with van der Waals surface area (Å²) in [5, 5.41) is 1.69. The van der Waals surface area contributed by atoms with Gasteiger partial charge in [0.1, 0.15) is 11.1 Å². The third-order valence-electron chi connectivity index (χ3n) is 2.51. The van der Waals surface area contributed by atoms with Gasteiger partial charge < -0.3 is 4.42 Å². The van der Waals surface area contributed by atoms with Gasteiger partial charge in [0.25, 0.3) is 0 Å². The lowest BCUT2D eigenvalue weighted by Crippen LogP contribution is -1.76. The second kappa shape index (κ2) is 2.97. The Balaban J connectivity index is 2.57. The molecular formula is C12H8ClNO. The number of nitrogens with zero attached hydrogens (tertiary/aromatic N) is 1. The van der Waals surface area contributed by atoms with E-state index in [-0.39, 0.29) is 0 Å². The van der Waals surface area contributed by atoms with Crippen LogP contribution in [0.5, 0.6) is 0 Å². The monoisotopic (exact) mass is 217 g/mol. The zero-order valence-electron chi connectivity index (χ0n) is 8.12. The number of rotatable bonds is 0. The molecule has 0 amide bonds. The molecule has 15 heavy (non-hydrogen) atoms. The van der Waals surface area contributed by atoms with Crippen LogP contribution in [0.15, 0.2) is 34.9 Å². The van der Waals surface area contributed by atoms with Gasteiger partial charge in [-0.3, -0.25) is 4.98 Å². The minimum Gasteiger partial charge on any atom is -0.454 e. The summed E-state index contributed by atoms with van der Waals surface area (Å²) in [6.45, 7) is 2.01. The van der Waals surface area contributed by atoms with Crippen molar-refractivity contribution in [3.05, 3.63) is 41.0 Å². The number of pyridine rings is 1. The molecule has 0 aliphatic carbocycles. The van der Waals surface area contributed by atoms with E-state index >= 15 is 0 Å². The zero-order valence-corrected chi connectivity index (χ0v) is 8.88. The topological polar surface area (TPSA) is 26.0 Å². The second-order valence-electron chi connectivity index (χ2n) is 3.55. The summed E-state index contributed by atoms with van der Waals surface area (Å²) < 4.78 is 5.72. The molecule has 0 bridgehead atoms. The summed E-state index contributed by atoms with van der Waals surface area (Å²) in [4.78, 5) is 4.32. The summed E-state index contributed by atoms with van der Waals surface area (Å²) in [7, 11) is 0. The molecular weight excluding hydrogens is 210 g/mol. The van der Waals surface area contributed by atoms with E-state index in [1.165, 1.54) is 0 Å². The third-order valence-corrected chi connectivity index (χ3v) is 2.75. The van der Waals surface area contributed by atoms with Crippen LogP contribution in [0.4, 0.5) is 0 Å². The molecule has 0 atom stereocenters. The Bertz CT molecular complexity index is 657. The lowest BCUT2D eigenvalue weighted by molar-refractivity contribution is 0.665. The van der Waals surface area contributed by atoms with Crippen molar-refractivity contribution in [1.82, 2.24) is 4.98 Å². The Morgan fingerprint density at radius 1 is 1.27 bits per heavy atom. The van der Waals surface area contributed by atoms with Crippen molar-refractivity contribution in [2.75, 3.05) is 0 Å².